The number of hydrogen-bond donors (Lipinski definition) is 2. The molecule has 4 heteroatoms. The fraction of sp³-hybridized carbons (Fsp3) is 0.875. The number of aliphatic hydroxyl groups is 1. The first-order valence-electron chi connectivity index (χ1n) is 4.38. The minimum absolute atomic E-state index is 0.0379. The van der Waals surface area contributed by atoms with Gasteiger partial charge in [-0.25, -0.2) is 4.79 Å². The van der Waals surface area contributed by atoms with Crippen LogP contribution in [0.15, 0.2) is 0 Å². The summed E-state index contributed by atoms with van der Waals surface area (Å²) >= 11 is 0. The van der Waals surface area contributed by atoms with Crippen molar-refractivity contribution in [3.63, 3.8) is 0 Å². The Kier molecular flexibility index (Phi) is 3.34. The SMILES string of the molecule is CNC(=O)N1CCCC(O)CC1. The summed E-state index contributed by atoms with van der Waals surface area (Å²) in [5, 5.41) is 11.9. The third-order valence-electron chi connectivity index (χ3n) is 2.20. The lowest BCUT2D eigenvalue weighted by Gasteiger charge is -2.19. The van der Waals surface area contributed by atoms with Crippen LogP contribution < -0.4 is 5.32 Å². The molecule has 1 aliphatic rings. The molecule has 1 heterocycles. The van der Waals surface area contributed by atoms with Crippen LogP contribution in [0.5, 0.6) is 0 Å². The maximum Gasteiger partial charge on any atom is 0.317 e. The standard InChI is InChI=1S/C8H16N2O2/c1-9-8(12)10-5-2-3-7(11)4-6-10/h7,11H,2-6H2,1H3,(H,9,12). The van der Waals surface area contributed by atoms with Gasteiger partial charge >= 0.3 is 6.03 Å². The van der Waals surface area contributed by atoms with Crippen LogP contribution in [0.1, 0.15) is 19.3 Å². The zero-order valence-corrected chi connectivity index (χ0v) is 7.42. The lowest BCUT2D eigenvalue weighted by molar-refractivity contribution is 0.156. The van der Waals surface area contributed by atoms with E-state index in [2.05, 4.69) is 5.32 Å². The first kappa shape index (κ1) is 9.32. The van der Waals surface area contributed by atoms with Crippen molar-refractivity contribution >= 4 is 6.03 Å². The van der Waals surface area contributed by atoms with E-state index in [9.17, 15) is 9.90 Å². The predicted molar refractivity (Wildman–Crippen MR) is 45.9 cm³/mol. The largest absolute Gasteiger partial charge is 0.393 e. The molecule has 0 aliphatic carbocycles. The van der Waals surface area contributed by atoms with Crippen LogP contribution in [0.25, 0.3) is 0 Å². The second-order valence-corrected chi connectivity index (χ2v) is 3.13. The molecule has 1 rings (SSSR count). The van der Waals surface area contributed by atoms with Crippen LogP contribution >= 0.6 is 0 Å². The van der Waals surface area contributed by atoms with Crippen molar-refractivity contribution in [2.45, 2.75) is 25.4 Å². The van der Waals surface area contributed by atoms with Crippen LogP contribution in [-0.2, 0) is 0 Å². The first-order chi connectivity index (χ1) is 5.74. The minimum Gasteiger partial charge on any atom is -0.393 e. The quantitative estimate of drug-likeness (QED) is 0.547. The van der Waals surface area contributed by atoms with Crippen molar-refractivity contribution < 1.29 is 9.90 Å². The van der Waals surface area contributed by atoms with E-state index in [1.807, 2.05) is 0 Å². The second-order valence-electron chi connectivity index (χ2n) is 3.13. The fourth-order valence-corrected chi connectivity index (χ4v) is 1.44. The third-order valence-corrected chi connectivity index (χ3v) is 2.20. The lowest BCUT2D eigenvalue weighted by Crippen LogP contribution is -2.38. The molecule has 4 nitrogen and oxygen atoms in total. The van der Waals surface area contributed by atoms with Crippen LogP contribution in [0.2, 0.25) is 0 Å². The van der Waals surface area contributed by atoms with Gasteiger partial charge in [-0.1, -0.05) is 0 Å². The molecule has 0 aromatic heterocycles. The number of likely N-dealkylation sites (tertiary alicyclic amines) is 1. The average molecular weight is 172 g/mol. The van der Waals surface area contributed by atoms with Gasteiger partial charge in [0.25, 0.3) is 0 Å². The topological polar surface area (TPSA) is 52.6 Å². The number of carbonyl (C=O) groups is 1. The molecule has 2 amide bonds. The minimum atomic E-state index is -0.223. The molecule has 0 radical (unpaired) electrons. The van der Waals surface area contributed by atoms with Gasteiger partial charge in [-0.05, 0) is 19.3 Å². The van der Waals surface area contributed by atoms with E-state index in [4.69, 9.17) is 0 Å². The predicted octanol–water partition coefficient (Wildman–Crippen LogP) is 0.173. The Morgan fingerprint density at radius 1 is 1.50 bits per heavy atom. The van der Waals surface area contributed by atoms with Gasteiger partial charge in [0, 0.05) is 20.1 Å². The summed E-state index contributed by atoms with van der Waals surface area (Å²) in [7, 11) is 1.63. The van der Waals surface area contributed by atoms with E-state index in [0.29, 0.717) is 13.0 Å². The van der Waals surface area contributed by atoms with E-state index in [-0.39, 0.29) is 12.1 Å². The molecule has 0 bridgehead atoms. The van der Waals surface area contributed by atoms with Crippen LogP contribution in [0, 0.1) is 0 Å². The number of amides is 2. The smallest absolute Gasteiger partial charge is 0.317 e. The Morgan fingerprint density at radius 3 is 2.92 bits per heavy atom. The van der Waals surface area contributed by atoms with Crippen LogP contribution in [0.4, 0.5) is 4.79 Å². The van der Waals surface area contributed by atoms with Crippen molar-refractivity contribution in [2.75, 3.05) is 20.1 Å². The monoisotopic (exact) mass is 172 g/mol. The summed E-state index contributed by atoms with van der Waals surface area (Å²) in [4.78, 5) is 12.9. The van der Waals surface area contributed by atoms with E-state index in [1.165, 1.54) is 0 Å². The Balaban J connectivity index is 2.40. The van der Waals surface area contributed by atoms with Crippen molar-refractivity contribution in [1.82, 2.24) is 10.2 Å². The number of urea groups is 1. The maximum atomic E-state index is 11.2. The molecule has 1 saturated heterocycles. The maximum absolute atomic E-state index is 11.2. The molecular formula is C8H16N2O2. The number of carbonyl (C=O) groups excluding carboxylic acids is 1. The van der Waals surface area contributed by atoms with Crippen LogP contribution in [0.3, 0.4) is 0 Å². The number of nitrogens with one attached hydrogen (secondary N) is 1. The molecule has 1 fully saturated rings. The van der Waals surface area contributed by atoms with Gasteiger partial charge in [-0.3, -0.25) is 0 Å². The Morgan fingerprint density at radius 2 is 2.25 bits per heavy atom. The number of aliphatic hydroxyl groups excluding tert-OH is 1. The molecule has 1 atom stereocenters. The highest BCUT2D eigenvalue weighted by Crippen LogP contribution is 2.10. The van der Waals surface area contributed by atoms with Crippen molar-refractivity contribution in [2.24, 2.45) is 0 Å². The van der Waals surface area contributed by atoms with E-state index in [1.54, 1.807) is 11.9 Å². The number of rotatable bonds is 0. The number of hydrogen-bond acceptors (Lipinski definition) is 2. The Bertz CT molecular complexity index is 161. The highest BCUT2D eigenvalue weighted by molar-refractivity contribution is 5.73. The van der Waals surface area contributed by atoms with E-state index >= 15 is 0 Å². The number of nitrogens with zero attached hydrogens (tertiary/aromatic N) is 1. The average Bonchev–Trinajstić information content (AvgIpc) is 2.29. The van der Waals surface area contributed by atoms with Gasteiger partial charge < -0.3 is 15.3 Å². The Hall–Kier alpha value is -0.770. The summed E-state index contributed by atoms with van der Waals surface area (Å²) < 4.78 is 0. The van der Waals surface area contributed by atoms with Gasteiger partial charge in [0.1, 0.15) is 0 Å². The van der Waals surface area contributed by atoms with Gasteiger partial charge in [0.2, 0.25) is 0 Å². The molecule has 2 N–H and O–H groups in total. The van der Waals surface area contributed by atoms with E-state index in [0.717, 1.165) is 19.4 Å². The van der Waals surface area contributed by atoms with Gasteiger partial charge in [-0.15, -0.1) is 0 Å². The molecule has 12 heavy (non-hydrogen) atoms. The summed E-state index contributed by atoms with van der Waals surface area (Å²) in [5.41, 5.74) is 0. The zero-order valence-electron chi connectivity index (χ0n) is 7.42. The molecule has 0 aromatic carbocycles. The molecule has 0 spiro atoms. The molecular weight excluding hydrogens is 156 g/mol. The molecule has 1 aliphatic heterocycles. The van der Waals surface area contributed by atoms with Crippen LogP contribution in [-0.4, -0.2) is 42.3 Å². The normalized spacial score (nSPS) is 24.8. The van der Waals surface area contributed by atoms with Gasteiger partial charge in [-0.2, -0.15) is 0 Å². The molecule has 0 saturated carbocycles. The van der Waals surface area contributed by atoms with Gasteiger partial charge in [0.05, 0.1) is 6.10 Å². The summed E-state index contributed by atoms with van der Waals surface area (Å²) in [6, 6.07) is -0.0379. The van der Waals surface area contributed by atoms with Crippen molar-refractivity contribution in [3.8, 4) is 0 Å². The second kappa shape index (κ2) is 4.30. The zero-order chi connectivity index (χ0) is 8.97. The fourth-order valence-electron chi connectivity index (χ4n) is 1.44. The highest BCUT2D eigenvalue weighted by atomic mass is 16.3. The molecule has 0 aromatic rings. The van der Waals surface area contributed by atoms with Crippen molar-refractivity contribution in [1.29, 1.82) is 0 Å². The van der Waals surface area contributed by atoms with E-state index < -0.39 is 0 Å². The molecule has 1 unspecified atom stereocenters. The summed E-state index contributed by atoms with van der Waals surface area (Å²) in [6.07, 6.45) is 2.19. The highest BCUT2D eigenvalue weighted by Gasteiger charge is 2.17. The van der Waals surface area contributed by atoms with Gasteiger partial charge in [0.15, 0.2) is 0 Å². The first-order valence-corrected chi connectivity index (χ1v) is 4.38. The molecule has 70 valence electrons. The van der Waals surface area contributed by atoms with Crippen molar-refractivity contribution in [3.05, 3.63) is 0 Å². The summed E-state index contributed by atoms with van der Waals surface area (Å²) in [6.45, 7) is 1.43. The Labute approximate surface area is 72.6 Å². The lowest BCUT2D eigenvalue weighted by atomic mass is 10.2. The summed E-state index contributed by atoms with van der Waals surface area (Å²) in [5.74, 6) is 0. The third kappa shape index (κ3) is 2.37.